The van der Waals surface area contributed by atoms with Crippen LogP contribution in [0.5, 0.6) is 0 Å². The fourth-order valence-corrected chi connectivity index (χ4v) is 1.38. The van der Waals surface area contributed by atoms with Gasteiger partial charge >= 0.3 is 0 Å². The number of hydrogen-bond donors (Lipinski definition) is 0. The lowest BCUT2D eigenvalue weighted by atomic mass is 10.1. The van der Waals surface area contributed by atoms with Crippen LogP contribution in [-0.4, -0.2) is 10.8 Å². The predicted molar refractivity (Wildman–Crippen MR) is 57.3 cm³/mol. The lowest BCUT2D eigenvalue weighted by Crippen LogP contribution is -2.01. The number of hydrogen-bond acceptors (Lipinski definition) is 2. The van der Waals surface area contributed by atoms with Gasteiger partial charge in [-0.2, -0.15) is 0 Å². The van der Waals surface area contributed by atoms with Gasteiger partial charge in [0.1, 0.15) is 11.5 Å². The molecule has 1 rings (SSSR count). The van der Waals surface area contributed by atoms with E-state index < -0.39 is 5.82 Å². The Bertz CT molecular complexity index is 308. The van der Waals surface area contributed by atoms with Crippen LogP contribution in [0.25, 0.3) is 0 Å². The summed E-state index contributed by atoms with van der Waals surface area (Å²) in [4.78, 5) is 15.3. The zero-order chi connectivity index (χ0) is 11.1. The zero-order valence-electron chi connectivity index (χ0n) is 9.00. The topological polar surface area (TPSA) is 30.0 Å². The lowest BCUT2D eigenvalue weighted by Gasteiger charge is -1.99. The van der Waals surface area contributed by atoms with Gasteiger partial charge in [0.15, 0.2) is 5.78 Å². The third-order valence-electron chi connectivity index (χ3n) is 2.27. The molecule has 0 amide bonds. The van der Waals surface area contributed by atoms with Gasteiger partial charge in [0.05, 0.1) is 6.20 Å². The van der Waals surface area contributed by atoms with Crippen molar-refractivity contribution in [3.8, 4) is 0 Å². The van der Waals surface area contributed by atoms with Gasteiger partial charge in [0.25, 0.3) is 0 Å². The zero-order valence-corrected chi connectivity index (χ0v) is 9.00. The van der Waals surface area contributed by atoms with Crippen LogP contribution in [0.15, 0.2) is 18.3 Å². The van der Waals surface area contributed by atoms with E-state index in [9.17, 15) is 9.18 Å². The smallest absolute Gasteiger partial charge is 0.181 e. The molecule has 0 aromatic carbocycles. The molecular formula is C12H16FNO. The van der Waals surface area contributed by atoms with Gasteiger partial charge in [-0.05, 0) is 18.6 Å². The SMILES string of the molecule is CCCCCCC(=O)c1ccc(F)cn1. The van der Waals surface area contributed by atoms with Crippen LogP contribution in [0, 0.1) is 5.82 Å². The van der Waals surface area contributed by atoms with Crippen molar-refractivity contribution in [1.82, 2.24) is 4.98 Å². The van der Waals surface area contributed by atoms with Crippen molar-refractivity contribution < 1.29 is 9.18 Å². The number of carbonyl (C=O) groups excluding carboxylic acids is 1. The summed E-state index contributed by atoms with van der Waals surface area (Å²) < 4.78 is 12.5. The van der Waals surface area contributed by atoms with Gasteiger partial charge in [-0.15, -0.1) is 0 Å². The van der Waals surface area contributed by atoms with Crippen LogP contribution in [-0.2, 0) is 0 Å². The summed E-state index contributed by atoms with van der Waals surface area (Å²) in [5.41, 5.74) is 0.368. The van der Waals surface area contributed by atoms with Gasteiger partial charge < -0.3 is 0 Å². The standard InChI is InChI=1S/C12H16FNO/c1-2-3-4-5-6-12(15)11-8-7-10(13)9-14-11/h7-9H,2-6H2,1H3. The first-order valence-corrected chi connectivity index (χ1v) is 5.38. The average molecular weight is 209 g/mol. The average Bonchev–Trinajstić information content (AvgIpc) is 2.25. The molecule has 0 aliphatic heterocycles. The molecule has 0 fully saturated rings. The minimum Gasteiger partial charge on any atom is -0.292 e. The van der Waals surface area contributed by atoms with E-state index in [0.717, 1.165) is 31.9 Å². The highest BCUT2D eigenvalue weighted by Crippen LogP contribution is 2.07. The van der Waals surface area contributed by atoms with Crippen molar-refractivity contribution in [2.75, 3.05) is 0 Å². The first-order valence-electron chi connectivity index (χ1n) is 5.38. The van der Waals surface area contributed by atoms with Crippen LogP contribution in [0.4, 0.5) is 4.39 Å². The van der Waals surface area contributed by atoms with Crippen molar-refractivity contribution in [1.29, 1.82) is 0 Å². The van der Waals surface area contributed by atoms with Crippen molar-refractivity contribution in [2.24, 2.45) is 0 Å². The molecule has 3 heteroatoms. The molecule has 0 saturated carbocycles. The lowest BCUT2D eigenvalue weighted by molar-refractivity contribution is 0.0974. The number of ketones is 1. The van der Waals surface area contributed by atoms with E-state index in [1.54, 1.807) is 0 Å². The molecule has 0 unspecified atom stereocenters. The van der Waals surface area contributed by atoms with Crippen LogP contribution < -0.4 is 0 Å². The van der Waals surface area contributed by atoms with Gasteiger partial charge in [-0.1, -0.05) is 26.2 Å². The van der Waals surface area contributed by atoms with Crippen LogP contribution in [0.1, 0.15) is 49.5 Å². The minimum absolute atomic E-state index is 0.00565. The molecule has 1 aromatic heterocycles. The fourth-order valence-electron chi connectivity index (χ4n) is 1.38. The van der Waals surface area contributed by atoms with E-state index in [1.165, 1.54) is 12.1 Å². The van der Waals surface area contributed by atoms with Gasteiger partial charge in [-0.25, -0.2) is 4.39 Å². The maximum Gasteiger partial charge on any atom is 0.181 e. The quantitative estimate of drug-likeness (QED) is 0.531. The van der Waals surface area contributed by atoms with E-state index in [1.807, 2.05) is 0 Å². The molecule has 1 aromatic rings. The van der Waals surface area contributed by atoms with Gasteiger partial charge in [0.2, 0.25) is 0 Å². The fraction of sp³-hybridized carbons (Fsp3) is 0.500. The van der Waals surface area contributed by atoms with E-state index >= 15 is 0 Å². The van der Waals surface area contributed by atoms with Crippen molar-refractivity contribution in [3.63, 3.8) is 0 Å². The Hall–Kier alpha value is -1.25. The molecule has 2 nitrogen and oxygen atoms in total. The third-order valence-corrected chi connectivity index (χ3v) is 2.27. The summed E-state index contributed by atoms with van der Waals surface area (Å²) in [6.45, 7) is 2.13. The molecule has 82 valence electrons. The molecule has 0 aliphatic carbocycles. The number of rotatable bonds is 6. The highest BCUT2D eigenvalue weighted by Gasteiger charge is 2.06. The number of nitrogens with zero attached hydrogens (tertiary/aromatic N) is 1. The molecule has 0 radical (unpaired) electrons. The minimum atomic E-state index is -0.405. The summed E-state index contributed by atoms with van der Waals surface area (Å²) in [5, 5.41) is 0. The molecule has 0 atom stereocenters. The van der Waals surface area contributed by atoms with E-state index in [0.29, 0.717) is 12.1 Å². The molecule has 0 saturated heterocycles. The number of pyridine rings is 1. The summed E-state index contributed by atoms with van der Waals surface area (Å²) in [5.74, 6) is -0.399. The number of aromatic nitrogens is 1. The molecule has 0 N–H and O–H groups in total. The number of carbonyl (C=O) groups is 1. The van der Waals surface area contributed by atoms with Crippen molar-refractivity contribution in [2.45, 2.75) is 39.0 Å². The maximum absolute atomic E-state index is 12.5. The first-order chi connectivity index (χ1) is 7.24. The number of Topliss-reactive ketones (excluding diaryl/α,β-unsaturated/α-hetero) is 1. The monoisotopic (exact) mass is 209 g/mol. The van der Waals surface area contributed by atoms with Crippen LogP contribution >= 0.6 is 0 Å². The van der Waals surface area contributed by atoms with E-state index in [2.05, 4.69) is 11.9 Å². The van der Waals surface area contributed by atoms with Gasteiger partial charge in [-0.3, -0.25) is 9.78 Å². The normalized spacial score (nSPS) is 10.3. The molecule has 0 bridgehead atoms. The second-order valence-electron chi connectivity index (χ2n) is 3.60. The second-order valence-corrected chi connectivity index (χ2v) is 3.60. The Kier molecular flexibility index (Phi) is 4.95. The highest BCUT2D eigenvalue weighted by molar-refractivity contribution is 5.94. The number of halogens is 1. The van der Waals surface area contributed by atoms with Gasteiger partial charge in [0, 0.05) is 6.42 Å². The number of unbranched alkanes of at least 4 members (excludes halogenated alkanes) is 3. The predicted octanol–water partition coefficient (Wildman–Crippen LogP) is 3.37. The highest BCUT2D eigenvalue weighted by atomic mass is 19.1. The summed E-state index contributed by atoms with van der Waals surface area (Å²) >= 11 is 0. The summed E-state index contributed by atoms with van der Waals surface area (Å²) in [7, 11) is 0. The third kappa shape index (κ3) is 4.19. The largest absolute Gasteiger partial charge is 0.292 e. The van der Waals surface area contributed by atoms with E-state index in [-0.39, 0.29) is 5.78 Å². The Labute approximate surface area is 89.5 Å². The van der Waals surface area contributed by atoms with Crippen molar-refractivity contribution in [3.05, 3.63) is 29.8 Å². The Morgan fingerprint density at radius 1 is 1.33 bits per heavy atom. The Morgan fingerprint density at radius 2 is 2.13 bits per heavy atom. The second kappa shape index (κ2) is 6.27. The molecule has 0 aliphatic rings. The van der Waals surface area contributed by atoms with E-state index in [4.69, 9.17) is 0 Å². The molecule has 0 spiro atoms. The summed E-state index contributed by atoms with van der Waals surface area (Å²) in [6.07, 6.45) is 5.88. The Balaban J connectivity index is 2.37. The van der Waals surface area contributed by atoms with Crippen LogP contribution in [0.3, 0.4) is 0 Å². The molecule has 1 heterocycles. The van der Waals surface area contributed by atoms with Crippen LogP contribution in [0.2, 0.25) is 0 Å². The molecule has 15 heavy (non-hydrogen) atoms. The Morgan fingerprint density at radius 3 is 2.73 bits per heavy atom. The molecular weight excluding hydrogens is 193 g/mol. The summed E-state index contributed by atoms with van der Waals surface area (Å²) in [6, 6.07) is 2.71. The van der Waals surface area contributed by atoms with Crippen molar-refractivity contribution >= 4 is 5.78 Å². The first kappa shape index (κ1) is 11.8. The maximum atomic E-state index is 12.5.